The van der Waals surface area contributed by atoms with Crippen molar-refractivity contribution >= 4 is 11.9 Å². The molecule has 1 fully saturated rings. The zero-order valence-electron chi connectivity index (χ0n) is 17.0. The minimum absolute atomic E-state index is 0.0493. The Morgan fingerprint density at radius 1 is 1.30 bits per heavy atom. The predicted octanol–water partition coefficient (Wildman–Crippen LogP) is 2.44. The third kappa shape index (κ3) is 7.59. The molecule has 0 radical (unpaired) electrons. The number of nitrogens with one attached hydrogen (secondary N) is 2. The van der Waals surface area contributed by atoms with Gasteiger partial charge in [0.15, 0.2) is 5.96 Å². The predicted molar refractivity (Wildman–Crippen MR) is 110 cm³/mol. The Hall–Kier alpha value is -2.08. The molecule has 0 saturated carbocycles. The van der Waals surface area contributed by atoms with E-state index in [4.69, 9.17) is 4.74 Å². The summed E-state index contributed by atoms with van der Waals surface area (Å²) in [6, 6.07) is 7.62. The second kappa shape index (κ2) is 11.6. The van der Waals surface area contributed by atoms with Gasteiger partial charge in [-0.3, -0.25) is 9.79 Å². The maximum atomic E-state index is 12.2. The molecule has 1 aliphatic rings. The van der Waals surface area contributed by atoms with Crippen LogP contribution in [-0.2, 0) is 4.74 Å². The number of carbonyl (C=O) groups is 1. The van der Waals surface area contributed by atoms with E-state index in [9.17, 15) is 4.79 Å². The third-order valence-corrected chi connectivity index (χ3v) is 4.85. The van der Waals surface area contributed by atoms with E-state index in [0.29, 0.717) is 18.7 Å². The minimum Gasteiger partial charge on any atom is -0.381 e. The maximum absolute atomic E-state index is 12.2. The van der Waals surface area contributed by atoms with Gasteiger partial charge < -0.3 is 20.3 Å². The molecule has 1 amide bonds. The van der Waals surface area contributed by atoms with Gasteiger partial charge in [-0.2, -0.15) is 0 Å². The van der Waals surface area contributed by atoms with Crippen molar-refractivity contribution in [2.24, 2.45) is 10.9 Å². The molecule has 6 heteroatoms. The SMILES string of the molecule is CCNC(=NCCNC(=O)c1cccc(C)c1)N(C)CCC1CCOCC1. The second-order valence-corrected chi connectivity index (χ2v) is 7.13. The first kappa shape index (κ1) is 21.2. The Balaban J connectivity index is 1.76. The fraction of sp³-hybridized carbons (Fsp3) is 0.619. The van der Waals surface area contributed by atoms with E-state index in [1.165, 1.54) is 0 Å². The normalized spacial score (nSPS) is 15.4. The zero-order valence-corrected chi connectivity index (χ0v) is 17.0. The first-order valence-corrected chi connectivity index (χ1v) is 10.0. The smallest absolute Gasteiger partial charge is 0.251 e. The number of benzene rings is 1. The van der Waals surface area contributed by atoms with Crippen LogP contribution < -0.4 is 10.6 Å². The summed E-state index contributed by atoms with van der Waals surface area (Å²) in [5, 5.41) is 6.28. The van der Waals surface area contributed by atoms with E-state index in [0.717, 1.165) is 63.0 Å². The molecule has 0 atom stereocenters. The highest BCUT2D eigenvalue weighted by Gasteiger charge is 2.15. The van der Waals surface area contributed by atoms with Gasteiger partial charge in [-0.25, -0.2) is 0 Å². The maximum Gasteiger partial charge on any atom is 0.251 e. The van der Waals surface area contributed by atoms with Crippen molar-refractivity contribution in [1.29, 1.82) is 0 Å². The molecule has 0 unspecified atom stereocenters. The van der Waals surface area contributed by atoms with Crippen LogP contribution in [0.4, 0.5) is 0 Å². The van der Waals surface area contributed by atoms with Gasteiger partial charge in [-0.15, -0.1) is 0 Å². The molecule has 0 aromatic heterocycles. The highest BCUT2D eigenvalue weighted by atomic mass is 16.5. The Morgan fingerprint density at radius 3 is 2.78 bits per heavy atom. The van der Waals surface area contributed by atoms with Gasteiger partial charge in [-0.05, 0) is 51.2 Å². The molecule has 0 aliphatic carbocycles. The van der Waals surface area contributed by atoms with Gasteiger partial charge in [0.25, 0.3) is 5.91 Å². The Kier molecular flexibility index (Phi) is 9.11. The number of ether oxygens (including phenoxy) is 1. The van der Waals surface area contributed by atoms with Crippen molar-refractivity contribution in [2.45, 2.75) is 33.1 Å². The first-order valence-electron chi connectivity index (χ1n) is 10.0. The number of aryl methyl sites for hydroxylation is 1. The molecule has 0 bridgehead atoms. The Morgan fingerprint density at radius 2 is 2.07 bits per heavy atom. The molecule has 1 aromatic rings. The van der Waals surface area contributed by atoms with Crippen LogP contribution in [-0.4, -0.2) is 63.2 Å². The Bertz CT molecular complexity index is 612. The number of hydrogen-bond acceptors (Lipinski definition) is 3. The number of rotatable bonds is 8. The minimum atomic E-state index is -0.0493. The molecule has 1 aliphatic heterocycles. The summed E-state index contributed by atoms with van der Waals surface area (Å²) in [5.74, 6) is 1.60. The number of guanidine groups is 1. The fourth-order valence-electron chi connectivity index (χ4n) is 3.21. The third-order valence-electron chi connectivity index (χ3n) is 4.85. The number of nitrogens with zero attached hydrogens (tertiary/aromatic N) is 2. The summed E-state index contributed by atoms with van der Waals surface area (Å²) in [6.45, 7) is 8.73. The van der Waals surface area contributed by atoms with Crippen molar-refractivity contribution in [3.05, 3.63) is 35.4 Å². The quantitative estimate of drug-likeness (QED) is 0.417. The summed E-state index contributed by atoms with van der Waals surface area (Å²) < 4.78 is 5.43. The van der Waals surface area contributed by atoms with E-state index in [1.54, 1.807) is 0 Å². The van der Waals surface area contributed by atoms with E-state index in [-0.39, 0.29) is 5.91 Å². The lowest BCUT2D eigenvalue weighted by Gasteiger charge is -2.26. The first-order chi connectivity index (χ1) is 13.1. The molecule has 27 heavy (non-hydrogen) atoms. The zero-order chi connectivity index (χ0) is 19.5. The van der Waals surface area contributed by atoms with Crippen LogP contribution in [0.1, 0.15) is 42.1 Å². The number of aliphatic imine (C=N–C) groups is 1. The molecular formula is C21H34N4O2. The molecular weight excluding hydrogens is 340 g/mol. The molecule has 1 aromatic carbocycles. The van der Waals surface area contributed by atoms with E-state index in [1.807, 2.05) is 31.2 Å². The monoisotopic (exact) mass is 374 g/mol. The largest absolute Gasteiger partial charge is 0.381 e. The molecule has 2 rings (SSSR count). The molecule has 2 N–H and O–H groups in total. The van der Waals surface area contributed by atoms with Crippen LogP contribution in [0.5, 0.6) is 0 Å². The van der Waals surface area contributed by atoms with Crippen LogP contribution in [0.15, 0.2) is 29.3 Å². The van der Waals surface area contributed by atoms with Gasteiger partial charge >= 0.3 is 0 Å². The van der Waals surface area contributed by atoms with Crippen molar-refractivity contribution in [3.63, 3.8) is 0 Å². The summed E-state index contributed by atoms with van der Waals surface area (Å²) in [5.41, 5.74) is 1.78. The lowest BCUT2D eigenvalue weighted by atomic mass is 9.96. The lowest BCUT2D eigenvalue weighted by molar-refractivity contribution is 0.0625. The van der Waals surface area contributed by atoms with E-state index in [2.05, 4.69) is 34.5 Å². The standard InChI is InChI=1S/C21H34N4O2/c1-4-22-21(25(3)13-8-18-9-14-27-15-10-18)24-12-11-23-20(26)19-7-5-6-17(2)16-19/h5-7,16,18H,4,8-15H2,1-3H3,(H,22,24)(H,23,26). The van der Waals surface area contributed by atoms with Gasteiger partial charge in [0.05, 0.1) is 6.54 Å². The van der Waals surface area contributed by atoms with Crippen LogP contribution in [0.3, 0.4) is 0 Å². The van der Waals surface area contributed by atoms with Crippen molar-refractivity contribution in [3.8, 4) is 0 Å². The summed E-state index contributed by atoms with van der Waals surface area (Å²) in [4.78, 5) is 19.0. The molecule has 6 nitrogen and oxygen atoms in total. The second-order valence-electron chi connectivity index (χ2n) is 7.13. The van der Waals surface area contributed by atoms with Crippen LogP contribution in [0.2, 0.25) is 0 Å². The highest BCUT2D eigenvalue weighted by Crippen LogP contribution is 2.18. The number of hydrogen-bond donors (Lipinski definition) is 2. The molecule has 1 heterocycles. The molecule has 150 valence electrons. The van der Waals surface area contributed by atoms with Crippen molar-refractivity contribution in [2.75, 3.05) is 46.4 Å². The average molecular weight is 375 g/mol. The van der Waals surface area contributed by atoms with Crippen LogP contribution in [0.25, 0.3) is 0 Å². The van der Waals surface area contributed by atoms with E-state index < -0.39 is 0 Å². The van der Waals surface area contributed by atoms with Crippen molar-refractivity contribution in [1.82, 2.24) is 15.5 Å². The van der Waals surface area contributed by atoms with Gasteiger partial charge in [-0.1, -0.05) is 17.7 Å². The highest BCUT2D eigenvalue weighted by molar-refractivity contribution is 5.94. The number of amides is 1. The Labute approximate surface area is 163 Å². The average Bonchev–Trinajstić information content (AvgIpc) is 2.69. The van der Waals surface area contributed by atoms with Crippen molar-refractivity contribution < 1.29 is 9.53 Å². The molecule has 1 saturated heterocycles. The topological polar surface area (TPSA) is 66.0 Å². The summed E-state index contributed by atoms with van der Waals surface area (Å²) in [7, 11) is 2.08. The molecule has 0 spiro atoms. The summed E-state index contributed by atoms with van der Waals surface area (Å²) >= 11 is 0. The number of carbonyl (C=O) groups excluding carboxylic acids is 1. The van der Waals surface area contributed by atoms with Gasteiger partial charge in [0.1, 0.15) is 0 Å². The van der Waals surface area contributed by atoms with E-state index >= 15 is 0 Å². The van der Waals surface area contributed by atoms with Crippen LogP contribution in [0, 0.1) is 12.8 Å². The van der Waals surface area contributed by atoms with Crippen LogP contribution >= 0.6 is 0 Å². The van der Waals surface area contributed by atoms with Gasteiger partial charge in [0.2, 0.25) is 0 Å². The fourth-order valence-corrected chi connectivity index (χ4v) is 3.21. The van der Waals surface area contributed by atoms with Gasteiger partial charge in [0, 0.05) is 45.5 Å². The summed E-state index contributed by atoms with van der Waals surface area (Å²) in [6.07, 6.45) is 3.48. The lowest BCUT2D eigenvalue weighted by Crippen LogP contribution is -2.40.